The van der Waals surface area contributed by atoms with Crippen molar-refractivity contribution in [3.63, 3.8) is 0 Å². The van der Waals surface area contributed by atoms with Gasteiger partial charge in [0.1, 0.15) is 24.0 Å². The van der Waals surface area contributed by atoms with Gasteiger partial charge in [0.15, 0.2) is 11.5 Å². The lowest BCUT2D eigenvalue weighted by Gasteiger charge is -2.14. The lowest BCUT2D eigenvalue weighted by Crippen LogP contribution is -2.19. The Bertz CT molecular complexity index is 1330. The van der Waals surface area contributed by atoms with Crippen molar-refractivity contribution in [2.75, 3.05) is 24.5 Å². The van der Waals surface area contributed by atoms with Crippen molar-refractivity contribution in [3.05, 3.63) is 77.7 Å². The molecule has 0 saturated carbocycles. The molecule has 34 heavy (non-hydrogen) atoms. The predicted molar refractivity (Wildman–Crippen MR) is 129 cm³/mol. The molecule has 3 aromatic carbocycles. The number of hydrogen-bond acceptors (Lipinski definition) is 6. The molecule has 8 nitrogen and oxygen atoms in total. The number of fused-ring (bicyclic) bond motifs is 1. The normalized spacial score (nSPS) is 10.6. The molecule has 2 amide bonds. The van der Waals surface area contributed by atoms with Crippen LogP contribution < -0.4 is 30.6 Å². The van der Waals surface area contributed by atoms with Gasteiger partial charge >= 0.3 is 6.03 Å². The highest BCUT2D eigenvalue weighted by Crippen LogP contribution is 2.38. The molecule has 174 valence electrons. The minimum absolute atomic E-state index is 0.0167. The quantitative estimate of drug-likeness (QED) is 0.289. The number of nitrogens with two attached hydrogens (primary N) is 1. The molecule has 0 spiro atoms. The van der Waals surface area contributed by atoms with Crippen LogP contribution in [0.25, 0.3) is 10.9 Å². The Balaban J connectivity index is 1.52. The molecule has 0 atom stereocenters. The molecule has 10 heteroatoms. The van der Waals surface area contributed by atoms with Crippen molar-refractivity contribution < 1.29 is 23.4 Å². The van der Waals surface area contributed by atoms with Crippen LogP contribution in [-0.4, -0.2) is 24.9 Å². The van der Waals surface area contributed by atoms with Crippen LogP contribution in [0, 0.1) is 5.82 Å². The zero-order valence-corrected chi connectivity index (χ0v) is 18.7. The number of anilines is 2. The number of pyridine rings is 1. The van der Waals surface area contributed by atoms with E-state index in [1.54, 1.807) is 42.6 Å². The van der Waals surface area contributed by atoms with Gasteiger partial charge in [0.2, 0.25) is 0 Å². The number of hydrogen-bond donors (Lipinski definition) is 3. The van der Waals surface area contributed by atoms with E-state index in [-0.39, 0.29) is 11.8 Å². The largest absolute Gasteiger partial charge is 0.493 e. The van der Waals surface area contributed by atoms with Crippen molar-refractivity contribution in [1.29, 1.82) is 0 Å². The second-order valence-electron chi connectivity index (χ2n) is 6.97. The van der Waals surface area contributed by atoms with Gasteiger partial charge in [-0.2, -0.15) is 0 Å². The highest BCUT2D eigenvalue weighted by molar-refractivity contribution is 6.34. The number of carbonyl (C=O) groups excluding carboxylic acids is 1. The molecule has 4 aromatic rings. The SMILES string of the molecule is COc1cc2nccc(Oc3ccc(NC(=O)Nc4ccc(F)cc4)c(Cl)c3)c2cc1OCN. The van der Waals surface area contributed by atoms with E-state index in [9.17, 15) is 9.18 Å². The van der Waals surface area contributed by atoms with Crippen LogP contribution in [0.4, 0.5) is 20.6 Å². The van der Waals surface area contributed by atoms with E-state index in [0.717, 1.165) is 0 Å². The predicted octanol–water partition coefficient (Wildman–Crippen LogP) is 5.77. The van der Waals surface area contributed by atoms with E-state index in [4.69, 9.17) is 31.5 Å². The second kappa shape index (κ2) is 10.2. The number of urea groups is 1. The van der Waals surface area contributed by atoms with Crippen LogP contribution >= 0.6 is 11.6 Å². The Labute approximate surface area is 199 Å². The van der Waals surface area contributed by atoms with E-state index in [0.29, 0.717) is 45.3 Å². The van der Waals surface area contributed by atoms with E-state index >= 15 is 0 Å². The number of aromatic nitrogens is 1. The topological polar surface area (TPSA) is 108 Å². The molecule has 0 fully saturated rings. The Morgan fingerprint density at radius 2 is 1.82 bits per heavy atom. The fraction of sp³-hybridized carbons (Fsp3) is 0.0833. The molecule has 0 unspecified atom stereocenters. The van der Waals surface area contributed by atoms with Gasteiger partial charge in [-0.1, -0.05) is 11.6 Å². The molecule has 0 radical (unpaired) electrons. The van der Waals surface area contributed by atoms with Crippen LogP contribution in [0.15, 0.2) is 66.9 Å². The zero-order chi connectivity index (χ0) is 24.1. The second-order valence-corrected chi connectivity index (χ2v) is 7.38. The first-order valence-corrected chi connectivity index (χ1v) is 10.4. The molecular weight excluding hydrogens is 463 g/mol. The maximum absolute atomic E-state index is 13.0. The Morgan fingerprint density at radius 1 is 1.03 bits per heavy atom. The van der Waals surface area contributed by atoms with Crippen molar-refractivity contribution >= 4 is 39.9 Å². The first kappa shape index (κ1) is 23.1. The zero-order valence-electron chi connectivity index (χ0n) is 18.0. The number of benzene rings is 3. The third-order valence-electron chi connectivity index (χ3n) is 4.74. The lowest BCUT2D eigenvalue weighted by atomic mass is 10.2. The summed E-state index contributed by atoms with van der Waals surface area (Å²) in [5.74, 6) is 1.52. The maximum atomic E-state index is 13.0. The Kier molecular flexibility index (Phi) is 6.95. The smallest absolute Gasteiger partial charge is 0.323 e. The highest BCUT2D eigenvalue weighted by Gasteiger charge is 2.13. The third-order valence-corrected chi connectivity index (χ3v) is 5.06. The fourth-order valence-electron chi connectivity index (χ4n) is 3.19. The summed E-state index contributed by atoms with van der Waals surface area (Å²) >= 11 is 6.35. The number of nitrogens with zero attached hydrogens (tertiary/aromatic N) is 1. The standard InChI is InChI=1S/C24H20ClFN4O4/c1-32-22-12-20-17(11-23(22)33-13-27)21(8-9-28-20)34-16-6-7-19(18(25)10-16)30-24(31)29-15-4-2-14(26)3-5-15/h2-12H,13,27H2,1H3,(H2,29,30,31). The minimum atomic E-state index is -0.524. The van der Waals surface area contributed by atoms with Gasteiger partial charge in [0.25, 0.3) is 0 Å². The molecule has 4 N–H and O–H groups in total. The third kappa shape index (κ3) is 5.28. The Hall–Kier alpha value is -4.08. The first-order chi connectivity index (χ1) is 16.5. The van der Waals surface area contributed by atoms with Crippen LogP contribution in [0.1, 0.15) is 0 Å². The van der Waals surface area contributed by atoms with E-state index in [1.165, 1.54) is 31.4 Å². The molecule has 0 saturated heterocycles. The van der Waals surface area contributed by atoms with Gasteiger partial charge in [-0.25, -0.2) is 9.18 Å². The molecule has 1 heterocycles. The van der Waals surface area contributed by atoms with Gasteiger partial charge in [-0.15, -0.1) is 0 Å². The lowest BCUT2D eigenvalue weighted by molar-refractivity contribution is 0.262. The van der Waals surface area contributed by atoms with Gasteiger partial charge in [-0.3, -0.25) is 10.7 Å². The summed E-state index contributed by atoms with van der Waals surface area (Å²) in [5.41, 5.74) is 6.97. The maximum Gasteiger partial charge on any atom is 0.323 e. The van der Waals surface area contributed by atoms with Crippen molar-refractivity contribution in [2.45, 2.75) is 0 Å². The number of ether oxygens (including phenoxy) is 3. The highest BCUT2D eigenvalue weighted by atomic mass is 35.5. The van der Waals surface area contributed by atoms with Gasteiger partial charge in [0.05, 0.1) is 23.3 Å². The van der Waals surface area contributed by atoms with E-state index in [1.807, 2.05) is 0 Å². The molecule has 0 bridgehead atoms. The summed E-state index contributed by atoms with van der Waals surface area (Å²) in [6, 6.07) is 14.9. The molecule has 0 aliphatic carbocycles. The average molecular weight is 483 g/mol. The summed E-state index contributed by atoms with van der Waals surface area (Å²) in [7, 11) is 1.53. The van der Waals surface area contributed by atoms with Gasteiger partial charge < -0.3 is 24.8 Å². The van der Waals surface area contributed by atoms with Crippen LogP contribution in [0.3, 0.4) is 0 Å². The van der Waals surface area contributed by atoms with Crippen molar-refractivity contribution in [1.82, 2.24) is 4.98 Å². The van der Waals surface area contributed by atoms with E-state index in [2.05, 4.69) is 15.6 Å². The number of carbonyl (C=O) groups is 1. The number of nitrogens with one attached hydrogen (secondary N) is 2. The first-order valence-electron chi connectivity index (χ1n) is 10.1. The average Bonchev–Trinajstić information content (AvgIpc) is 2.82. The summed E-state index contributed by atoms with van der Waals surface area (Å²) in [6.45, 7) is -0.0167. The molecule has 1 aromatic heterocycles. The molecule has 0 aliphatic heterocycles. The van der Waals surface area contributed by atoms with E-state index < -0.39 is 11.8 Å². The Morgan fingerprint density at radius 3 is 2.53 bits per heavy atom. The van der Waals surface area contributed by atoms with Gasteiger partial charge in [0, 0.05) is 29.4 Å². The molecular formula is C24H20ClFN4O4. The summed E-state index contributed by atoms with van der Waals surface area (Å²) in [4.78, 5) is 16.6. The van der Waals surface area contributed by atoms with Crippen LogP contribution in [-0.2, 0) is 0 Å². The summed E-state index contributed by atoms with van der Waals surface area (Å²) in [6.07, 6.45) is 1.61. The minimum Gasteiger partial charge on any atom is -0.493 e. The molecule has 0 aliphatic rings. The van der Waals surface area contributed by atoms with Crippen LogP contribution in [0.2, 0.25) is 5.02 Å². The number of rotatable bonds is 7. The summed E-state index contributed by atoms with van der Waals surface area (Å²) in [5, 5.41) is 6.19. The molecule has 4 rings (SSSR count). The van der Waals surface area contributed by atoms with Crippen LogP contribution in [0.5, 0.6) is 23.0 Å². The number of halogens is 2. The number of amides is 2. The summed E-state index contributed by atoms with van der Waals surface area (Å²) < 4.78 is 29.8. The van der Waals surface area contributed by atoms with Gasteiger partial charge in [-0.05, 0) is 48.5 Å². The fourth-order valence-corrected chi connectivity index (χ4v) is 3.40. The number of methoxy groups -OCH3 is 1. The monoisotopic (exact) mass is 482 g/mol. The van der Waals surface area contributed by atoms with Crippen molar-refractivity contribution in [3.8, 4) is 23.0 Å². The van der Waals surface area contributed by atoms with Crippen molar-refractivity contribution in [2.24, 2.45) is 5.73 Å².